The maximum atomic E-state index is 14.3. The fourth-order valence-corrected chi connectivity index (χ4v) is 4.33. The summed E-state index contributed by atoms with van der Waals surface area (Å²) in [5.41, 5.74) is 2.22. The van der Waals surface area contributed by atoms with Crippen LogP contribution in [0.15, 0.2) is 30.6 Å². The van der Waals surface area contributed by atoms with E-state index in [1.165, 1.54) is 32.4 Å². The van der Waals surface area contributed by atoms with Gasteiger partial charge < -0.3 is 24.4 Å². The van der Waals surface area contributed by atoms with E-state index in [1.54, 1.807) is 24.5 Å². The molecule has 0 fully saturated rings. The Morgan fingerprint density at radius 2 is 1.67 bits per heavy atom. The van der Waals surface area contributed by atoms with Crippen LogP contribution in [-0.4, -0.2) is 47.3 Å². The lowest BCUT2D eigenvalue weighted by Gasteiger charge is -2.08. The minimum Gasteiger partial charge on any atom is -0.464 e. The van der Waals surface area contributed by atoms with Crippen LogP contribution in [0.1, 0.15) is 27.4 Å². The molecule has 3 aromatic heterocycles. The minimum atomic E-state index is -1.20. The number of ether oxygens (including phenoxy) is 2. The summed E-state index contributed by atoms with van der Waals surface area (Å²) in [5.74, 6) is -1.91. The number of rotatable bonds is 4. The first-order valence-electron chi connectivity index (χ1n) is 10.2. The van der Waals surface area contributed by atoms with Crippen molar-refractivity contribution < 1.29 is 27.8 Å². The lowest BCUT2D eigenvalue weighted by molar-refractivity contribution is 0.0591. The molecule has 0 spiro atoms. The highest BCUT2D eigenvalue weighted by atomic mass is 19.1. The van der Waals surface area contributed by atoms with Crippen molar-refractivity contribution in [3.8, 4) is 22.3 Å². The monoisotopic (exact) mass is 451 g/mol. The topological polar surface area (TPSA) is 100.0 Å². The van der Waals surface area contributed by atoms with E-state index in [2.05, 4.69) is 15.0 Å². The Morgan fingerprint density at radius 3 is 2.36 bits per heavy atom. The van der Waals surface area contributed by atoms with Gasteiger partial charge in [-0.1, -0.05) is 6.08 Å². The first-order chi connectivity index (χ1) is 15.9. The minimum absolute atomic E-state index is 0.00478. The summed E-state index contributed by atoms with van der Waals surface area (Å²) >= 11 is 0. The number of hydrogen-bond acceptors (Lipinski definition) is 4. The molecule has 0 saturated heterocycles. The lowest BCUT2D eigenvalue weighted by atomic mass is 9.94. The molecule has 0 bridgehead atoms. The van der Waals surface area contributed by atoms with Crippen molar-refractivity contribution in [2.24, 2.45) is 0 Å². The Kier molecular flexibility index (Phi) is 4.88. The summed E-state index contributed by atoms with van der Waals surface area (Å²) in [5, 5.41) is 1.76. The Balaban J connectivity index is 1.93. The highest BCUT2D eigenvalue weighted by Gasteiger charge is 2.31. The third-order valence-corrected chi connectivity index (χ3v) is 5.81. The van der Waals surface area contributed by atoms with Gasteiger partial charge in [0.15, 0.2) is 0 Å². The average Bonchev–Trinajstić information content (AvgIpc) is 3.51. The molecule has 1 atom stereocenters. The Morgan fingerprint density at radius 1 is 1.00 bits per heavy atom. The SMILES string of the molecule is COC(=O)c1[nH]c(C(=O)OC)c(-c2c[nH]c3ccc(F)cc23)c1-c1c[nH]c2c1=CC(F)CC=2. The number of benzene rings is 1. The van der Waals surface area contributed by atoms with Crippen molar-refractivity contribution in [2.75, 3.05) is 14.2 Å². The zero-order valence-corrected chi connectivity index (χ0v) is 17.7. The predicted octanol–water partition coefficient (Wildman–Crippen LogP) is 3.17. The van der Waals surface area contributed by atoms with E-state index in [4.69, 9.17) is 9.47 Å². The van der Waals surface area contributed by atoms with Crippen molar-refractivity contribution in [3.05, 3.63) is 58.4 Å². The summed E-state index contributed by atoms with van der Waals surface area (Å²) in [6, 6.07) is 4.23. The molecule has 0 amide bonds. The number of alkyl halides is 1. The van der Waals surface area contributed by atoms with E-state index < -0.39 is 23.9 Å². The normalized spacial score (nSPS) is 15.0. The van der Waals surface area contributed by atoms with Crippen LogP contribution in [0.4, 0.5) is 8.78 Å². The quantitative estimate of drug-likeness (QED) is 0.415. The van der Waals surface area contributed by atoms with E-state index in [1.807, 2.05) is 0 Å². The fourth-order valence-electron chi connectivity index (χ4n) is 4.33. The highest BCUT2D eigenvalue weighted by Crippen LogP contribution is 2.41. The largest absolute Gasteiger partial charge is 0.464 e. The van der Waals surface area contributed by atoms with Gasteiger partial charge in [-0.15, -0.1) is 0 Å². The molecule has 3 N–H and O–H groups in total. The Labute approximate surface area is 185 Å². The molecule has 0 aliphatic heterocycles. The van der Waals surface area contributed by atoms with Gasteiger partial charge in [-0.05, 0) is 24.3 Å². The molecule has 168 valence electrons. The molecule has 0 radical (unpaired) electrons. The lowest BCUT2D eigenvalue weighted by Crippen LogP contribution is -2.29. The number of aromatic amines is 3. The second kappa shape index (κ2) is 7.77. The summed E-state index contributed by atoms with van der Waals surface area (Å²) in [7, 11) is 2.43. The van der Waals surface area contributed by atoms with E-state index in [-0.39, 0.29) is 17.8 Å². The Bertz CT molecular complexity index is 1540. The van der Waals surface area contributed by atoms with E-state index in [9.17, 15) is 18.4 Å². The second-order valence-electron chi connectivity index (χ2n) is 7.65. The van der Waals surface area contributed by atoms with Gasteiger partial charge in [-0.25, -0.2) is 18.4 Å². The summed E-state index contributed by atoms with van der Waals surface area (Å²) in [4.78, 5) is 34.5. The van der Waals surface area contributed by atoms with Crippen LogP contribution < -0.4 is 10.6 Å². The van der Waals surface area contributed by atoms with Crippen LogP contribution in [0.3, 0.4) is 0 Å². The Hall–Kier alpha value is -4.14. The van der Waals surface area contributed by atoms with Crippen molar-refractivity contribution in [1.29, 1.82) is 0 Å². The van der Waals surface area contributed by atoms with Gasteiger partial charge in [0.1, 0.15) is 23.4 Å². The number of H-pyrrole nitrogens is 3. The number of fused-ring (bicyclic) bond motifs is 2. The molecular weight excluding hydrogens is 432 g/mol. The molecule has 7 nitrogen and oxygen atoms in total. The van der Waals surface area contributed by atoms with Gasteiger partial charge in [0.25, 0.3) is 0 Å². The van der Waals surface area contributed by atoms with Crippen LogP contribution in [0, 0.1) is 5.82 Å². The highest BCUT2D eigenvalue weighted by molar-refractivity contribution is 6.12. The van der Waals surface area contributed by atoms with Crippen molar-refractivity contribution in [3.63, 3.8) is 0 Å². The van der Waals surface area contributed by atoms with Gasteiger partial charge in [0, 0.05) is 62.5 Å². The maximum Gasteiger partial charge on any atom is 0.355 e. The third-order valence-electron chi connectivity index (χ3n) is 5.81. The number of carbonyl (C=O) groups is 2. The third kappa shape index (κ3) is 3.24. The van der Waals surface area contributed by atoms with Crippen LogP contribution in [-0.2, 0) is 9.47 Å². The summed E-state index contributed by atoms with van der Waals surface area (Å²) in [6.07, 6.45) is 5.49. The molecule has 4 aromatic rings. The summed E-state index contributed by atoms with van der Waals surface area (Å²) in [6.45, 7) is 0. The number of halogens is 2. The van der Waals surface area contributed by atoms with Crippen molar-refractivity contribution in [2.45, 2.75) is 12.6 Å². The van der Waals surface area contributed by atoms with Crippen LogP contribution in [0.2, 0.25) is 0 Å². The van der Waals surface area contributed by atoms with Crippen molar-refractivity contribution >= 4 is 35.0 Å². The van der Waals surface area contributed by atoms with Gasteiger partial charge >= 0.3 is 11.9 Å². The number of carbonyl (C=O) groups excluding carboxylic acids is 2. The van der Waals surface area contributed by atoms with E-state index in [0.717, 1.165) is 0 Å². The maximum absolute atomic E-state index is 14.3. The molecule has 9 heteroatoms. The van der Waals surface area contributed by atoms with Crippen molar-refractivity contribution in [1.82, 2.24) is 15.0 Å². The number of nitrogens with one attached hydrogen (secondary N) is 3. The van der Waals surface area contributed by atoms with Gasteiger partial charge in [-0.3, -0.25) is 0 Å². The zero-order chi connectivity index (χ0) is 23.3. The second-order valence-corrected chi connectivity index (χ2v) is 7.65. The van der Waals surface area contributed by atoms with Crippen LogP contribution in [0.25, 0.3) is 45.3 Å². The fraction of sp³-hybridized carbons (Fsp3) is 0.167. The molecule has 1 aliphatic carbocycles. The van der Waals surface area contributed by atoms with Crippen LogP contribution in [0.5, 0.6) is 0 Å². The number of aromatic nitrogens is 3. The molecule has 5 rings (SSSR count). The first kappa shape index (κ1) is 20.7. The van der Waals surface area contributed by atoms with Crippen LogP contribution >= 0.6 is 0 Å². The molecule has 1 aliphatic rings. The molecule has 0 saturated carbocycles. The standard InChI is InChI=1S/C24H19F2N3O4/c1-32-23(30)21-19(15-9-27-17-5-3-11(25)7-13(15)17)20(22(29-21)24(31)33-2)16-10-28-18-6-4-12(26)8-14(16)18/h3,5-10,12,27-29H,4H2,1-2H3. The molecule has 33 heavy (non-hydrogen) atoms. The molecule has 1 aromatic carbocycles. The average molecular weight is 451 g/mol. The van der Waals surface area contributed by atoms with Gasteiger partial charge in [0.2, 0.25) is 0 Å². The zero-order valence-electron chi connectivity index (χ0n) is 17.7. The van der Waals surface area contributed by atoms with E-state index in [0.29, 0.717) is 43.7 Å². The molecule has 1 unspecified atom stereocenters. The predicted molar refractivity (Wildman–Crippen MR) is 118 cm³/mol. The summed E-state index contributed by atoms with van der Waals surface area (Å²) < 4.78 is 38.3. The number of hydrogen-bond donors (Lipinski definition) is 3. The number of methoxy groups -OCH3 is 2. The first-order valence-corrected chi connectivity index (χ1v) is 10.2. The van der Waals surface area contributed by atoms with Gasteiger partial charge in [-0.2, -0.15) is 0 Å². The molecule has 3 heterocycles. The number of esters is 2. The van der Waals surface area contributed by atoms with E-state index >= 15 is 0 Å². The smallest absolute Gasteiger partial charge is 0.355 e. The van der Waals surface area contributed by atoms with Gasteiger partial charge in [0.05, 0.1) is 14.2 Å². The molecular formula is C24H19F2N3O4.